The number of H-pyrrole nitrogens is 1. The summed E-state index contributed by atoms with van der Waals surface area (Å²) in [7, 11) is 1.50. The van der Waals surface area contributed by atoms with E-state index in [0.717, 1.165) is 5.39 Å². The van der Waals surface area contributed by atoms with Crippen LogP contribution in [0, 0.1) is 0 Å². The molecule has 1 aliphatic rings. The predicted octanol–water partition coefficient (Wildman–Crippen LogP) is 2.68. The van der Waals surface area contributed by atoms with Crippen LogP contribution in [0.25, 0.3) is 16.7 Å². The van der Waals surface area contributed by atoms with Gasteiger partial charge in [-0.2, -0.15) is 18.3 Å². The van der Waals surface area contributed by atoms with Crippen molar-refractivity contribution < 1.29 is 18.0 Å². The summed E-state index contributed by atoms with van der Waals surface area (Å²) < 4.78 is 39.5. The molecule has 1 amide bonds. The minimum Gasteiger partial charge on any atom is -0.348 e. The van der Waals surface area contributed by atoms with Crippen LogP contribution in [0.1, 0.15) is 36.2 Å². The standard InChI is InChI=1S/C19H22F3N7O/c1-28(10-19(20,21)22)14-4-2-13(3-5-14)25-18(30)17-16-12(9-24-27-16)8-15(26-17)29-7-6-23-11-29/h6-9,11,13-14H,2-5,10H2,1H3,(H,24,27)(H,25,30). The molecular formula is C19H22F3N7O. The molecule has 0 radical (unpaired) electrons. The maximum absolute atomic E-state index is 12.9. The van der Waals surface area contributed by atoms with E-state index in [1.807, 2.05) is 0 Å². The minimum absolute atomic E-state index is 0.107. The molecule has 3 aromatic heterocycles. The fourth-order valence-corrected chi connectivity index (χ4v) is 3.95. The number of hydrogen-bond acceptors (Lipinski definition) is 5. The van der Waals surface area contributed by atoms with Gasteiger partial charge in [-0.05, 0) is 38.8 Å². The van der Waals surface area contributed by atoms with Crippen molar-refractivity contribution in [2.24, 2.45) is 0 Å². The molecule has 160 valence electrons. The zero-order valence-electron chi connectivity index (χ0n) is 16.4. The number of fused-ring (bicyclic) bond motifs is 1. The van der Waals surface area contributed by atoms with Crippen molar-refractivity contribution in [2.45, 2.75) is 43.9 Å². The number of amides is 1. The molecule has 8 nitrogen and oxygen atoms in total. The van der Waals surface area contributed by atoms with E-state index < -0.39 is 12.7 Å². The Morgan fingerprint density at radius 2 is 2.10 bits per heavy atom. The van der Waals surface area contributed by atoms with Crippen LogP contribution in [-0.2, 0) is 0 Å². The number of carbonyl (C=O) groups is 1. The second-order valence-electron chi connectivity index (χ2n) is 7.64. The fourth-order valence-electron chi connectivity index (χ4n) is 3.95. The lowest BCUT2D eigenvalue weighted by molar-refractivity contribution is -0.148. The number of aromatic amines is 1. The van der Waals surface area contributed by atoms with Crippen LogP contribution in [0.4, 0.5) is 13.2 Å². The molecule has 2 N–H and O–H groups in total. The summed E-state index contributed by atoms with van der Waals surface area (Å²) >= 11 is 0. The first-order valence-corrected chi connectivity index (χ1v) is 9.70. The number of alkyl halides is 3. The molecule has 0 unspecified atom stereocenters. The summed E-state index contributed by atoms with van der Waals surface area (Å²) in [5.41, 5.74) is 0.764. The highest BCUT2D eigenvalue weighted by Gasteiger charge is 2.34. The summed E-state index contributed by atoms with van der Waals surface area (Å²) in [6.07, 6.45) is 4.78. The Morgan fingerprint density at radius 1 is 1.33 bits per heavy atom. The van der Waals surface area contributed by atoms with E-state index in [-0.39, 0.29) is 23.7 Å². The van der Waals surface area contributed by atoms with Crippen molar-refractivity contribution in [3.8, 4) is 5.82 Å². The first-order chi connectivity index (χ1) is 14.3. The Morgan fingerprint density at radius 3 is 2.77 bits per heavy atom. The molecule has 0 aliphatic heterocycles. The van der Waals surface area contributed by atoms with Gasteiger partial charge < -0.3 is 5.32 Å². The van der Waals surface area contributed by atoms with Crippen LogP contribution in [0.5, 0.6) is 0 Å². The normalized spacial score (nSPS) is 20.0. The molecule has 30 heavy (non-hydrogen) atoms. The molecule has 0 saturated heterocycles. The Bertz CT molecular complexity index is 1010. The third-order valence-corrected chi connectivity index (χ3v) is 5.48. The Hall–Kier alpha value is -2.95. The number of rotatable bonds is 5. The lowest BCUT2D eigenvalue weighted by atomic mass is 9.90. The highest BCUT2D eigenvalue weighted by Crippen LogP contribution is 2.26. The van der Waals surface area contributed by atoms with Crippen LogP contribution in [0.3, 0.4) is 0 Å². The number of nitrogens with zero attached hydrogens (tertiary/aromatic N) is 5. The zero-order valence-corrected chi connectivity index (χ0v) is 16.4. The van der Waals surface area contributed by atoms with Gasteiger partial charge in [0.15, 0.2) is 5.69 Å². The van der Waals surface area contributed by atoms with E-state index in [1.54, 1.807) is 35.6 Å². The minimum atomic E-state index is -4.21. The van der Waals surface area contributed by atoms with Crippen molar-refractivity contribution in [3.05, 3.63) is 36.7 Å². The second kappa shape index (κ2) is 8.05. The van der Waals surface area contributed by atoms with Gasteiger partial charge in [0, 0.05) is 29.9 Å². The molecule has 3 heterocycles. The van der Waals surface area contributed by atoms with Crippen LogP contribution in [-0.4, -0.2) is 67.4 Å². The molecule has 0 atom stereocenters. The van der Waals surface area contributed by atoms with Gasteiger partial charge in [0.05, 0.1) is 18.3 Å². The highest BCUT2D eigenvalue weighted by atomic mass is 19.4. The molecule has 1 aliphatic carbocycles. The summed E-state index contributed by atoms with van der Waals surface area (Å²) in [6.45, 7) is -0.919. The van der Waals surface area contributed by atoms with Gasteiger partial charge in [0.25, 0.3) is 5.91 Å². The average molecular weight is 421 g/mol. The van der Waals surface area contributed by atoms with E-state index in [0.29, 0.717) is 37.0 Å². The first kappa shape index (κ1) is 20.3. The zero-order chi connectivity index (χ0) is 21.3. The Labute approximate surface area is 170 Å². The average Bonchev–Trinajstić information content (AvgIpc) is 3.38. The van der Waals surface area contributed by atoms with E-state index in [4.69, 9.17) is 0 Å². The predicted molar refractivity (Wildman–Crippen MR) is 103 cm³/mol. The molecule has 11 heteroatoms. The topological polar surface area (TPSA) is 91.7 Å². The molecular weight excluding hydrogens is 399 g/mol. The van der Waals surface area contributed by atoms with E-state index >= 15 is 0 Å². The molecule has 3 aromatic rings. The fraction of sp³-hybridized carbons (Fsp3) is 0.474. The lowest BCUT2D eigenvalue weighted by Gasteiger charge is -2.35. The monoisotopic (exact) mass is 421 g/mol. The largest absolute Gasteiger partial charge is 0.401 e. The molecule has 0 bridgehead atoms. The second-order valence-corrected chi connectivity index (χ2v) is 7.64. The van der Waals surface area contributed by atoms with E-state index in [1.165, 1.54) is 11.9 Å². The molecule has 4 rings (SSSR count). The van der Waals surface area contributed by atoms with E-state index in [2.05, 4.69) is 25.5 Å². The third-order valence-electron chi connectivity index (χ3n) is 5.48. The Kier molecular flexibility index (Phi) is 5.46. The van der Waals surface area contributed by atoms with Crippen molar-refractivity contribution in [2.75, 3.05) is 13.6 Å². The summed E-state index contributed by atoms with van der Waals surface area (Å²) in [6, 6.07) is 1.56. The number of halogens is 3. The van der Waals surface area contributed by atoms with Gasteiger partial charge in [-0.1, -0.05) is 0 Å². The quantitative estimate of drug-likeness (QED) is 0.661. The highest BCUT2D eigenvalue weighted by molar-refractivity contribution is 6.04. The van der Waals surface area contributed by atoms with Gasteiger partial charge in [-0.15, -0.1) is 0 Å². The van der Waals surface area contributed by atoms with Crippen LogP contribution < -0.4 is 5.32 Å². The SMILES string of the molecule is CN(CC(F)(F)F)C1CCC(NC(=O)c2nc(-n3ccnc3)cc3cn[nH]c23)CC1. The maximum atomic E-state index is 12.9. The summed E-state index contributed by atoms with van der Waals surface area (Å²) in [4.78, 5) is 22.8. The molecule has 1 saturated carbocycles. The Balaban J connectivity index is 1.44. The van der Waals surface area contributed by atoms with Crippen molar-refractivity contribution in [1.82, 2.24) is 34.9 Å². The van der Waals surface area contributed by atoms with Crippen molar-refractivity contribution >= 4 is 16.8 Å². The number of aromatic nitrogens is 5. The molecule has 0 aromatic carbocycles. The summed E-state index contributed by atoms with van der Waals surface area (Å²) in [5, 5.41) is 10.5. The van der Waals surface area contributed by atoms with Gasteiger partial charge in [0.2, 0.25) is 0 Å². The number of imidazole rings is 1. The van der Waals surface area contributed by atoms with E-state index in [9.17, 15) is 18.0 Å². The number of nitrogens with one attached hydrogen (secondary N) is 2. The number of carbonyl (C=O) groups excluding carboxylic acids is 1. The van der Waals surface area contributed by atoms with Gasteiger partial charge in [0.1, 0.15) is 12.1 Å². The summed E-state index contributed by atoms with van der Waals surface area (Å²) in [5.74, 6) is 0.211. The van der Waals surface area contributed by atoms with Gasteiger partial charge >= 0.3 is 6.18 Å². The number of hydrogen-bond donors (Lipinski definition) is 2. The van der Waals surface area contributed by atoms with Crippen molar-refractivity contribution in [1.29, 1.82) is 0 Å². The first-order valence-electron chi connectivity index (χ1n) is 9.70. The number of pyridine rings is 1. The van der Waals surface area contributed by atoms with Crippen molar-refractivity contribution in [3.63, 3.8) is 0 Å². The van der Waals surface area contributed by atoms with Gasteiger partial charge in [-0.3, -0.25) is 19.4 Å². The van der Waals surface area contributed by atoms with Gasteiger partial charge in [-0.25, -0.2) is 9.97 Å². The third kappa shape index (κ3) is 4.45. The van der Waals surface area contributed by atoms with Crippen LogP contribution >= 0.6 is 0 Å². The maximum Gasteiger partial charge on any atom is 0.401 e. The molecule has 1 fully saturated rings. The lowest BCUT2D eigenvalue weighted by Crippen LogP contribution is -2.45. The van der Waals surface area contributed by atoms with Crippen LogP contribution in [0.15, 0.2) is 31.0 Å². The van der Waals surface area contributed by atoms with Crippen LogP contribution in [0.2, 0.25) is 0 Å². The molecule has 0 spiro atoms. The smallest absolute Gasteiger partial charge is 0.348 e.